The van der Waals surface area contributed by atoms with E-state index in [-0.39, 0.29) is 23.0 Å². The Kier molecular flexibility index (Phi) is 5.42. The van der Waals surface area contributed by atoms with Gasteiger partial charge in [-0.3, -0.25) is 9.59 Å². The van der Waals surface area contributed by atoms with E-state index in [2.05, 4.69) is 10.6 Å². The second kappa shape index (κ2) is 7.50. The van der Waals surface area contributed by atoms with Crippen molar-refractivity contribution >= 4 is 11.8 Å². The fraction of sp³-hybridized carbons (Fsp3) is 0.222. The summed E-state index contributed by atoms with van der Waals surface area (Å²) in [5.41, 5.74) is 2.04. The third kappa shape index (κ3) is 3.84. The van der Waals surface area contributed by atoms with Crippen LogP contribution in [-0.4, -0.2) is 35.6 Å². The predicted molar refractivity (Wildman–Crippen MR) is 90.4 cm³/mol. The molecular formula is C18H20N2O4. The van der Waals surface area contributed by atoms with Crippen LogP contribution in [0.25, 0.3) is 0 Å². The summed E-state index contributed by atoms with van der Waals surface area (Å²) in [5.74, 6) is -0.936. The number of nitrogens with one attached hydrogen (secondary N) is 2. The van der Waals surface area contributed by atoms with Crippen LogP contribution < -0.4 is 10.6 Å². The van der Waals surface area contributed by atoms with Crippen molar-refractivity contribution < 1.29 is 19.8 Å². The Labute approximate surface area is 140 Å². The zero-order chi connectivity index (χ0) is 17.7. The van der Waals surface area contributed by atoms with Crippen LogP contribution in [0.5, 0.6) is 11.5 Å². The Morgan fingerprint density at radius 3 is 2.25 bits per heavy atom. The van der Waals surface area contributed by atoms with Gasteiger partial charge in [0, 0.05) is 31.6 Å². The van der Waals surface area contributed by atoms with Gasteiger partial charge in [-0.25, -0.2) is 0 Å². The molecular weight excluding hydrogens is 308 g/mol. The summed E-state index contributed by atoms with van der Waals surface area (Å²) in [6.07, 6.45) is 0.367. The molecule has 6 heteroatoms. The van der Waals surface area contributed by atoms with Crippen molar-refractivity contribution in [2.24, 2.45) is 0 Å². The maximum Gasteiger partial charge on any atom is 0.254 e. The molecule has 0 aliphatic carbocycles. The molecule has 2 aromatic rings. The summed E-state index contributed by atoms with van der Waals surface area (Å²) < 4.78 is 0. The van der Waals surface area contributed by atoms with Gasteiger partial charge in [0.1, 0.15) is 11.5 Å². The van der Waals surface area contributed by atoms with Crippen LogP contribution in [0.3, 0.4) is 0 Å². The first-order valence-electron chi connectivity index (χ1n) is 7.60. The highest BCUT2D eigenvalue weighted by Gasteiger charge is 2.14. The summed E-state index contributed by atoms with van der Waals surface area (Å²) in [4.78, 5) is 23.5. The standard InChI is InChI=1S/C18H20N2O4/c1-3-20-17(23)12-6-4-11(5-7-12)8-13-9-14(18(24)19-2)16(22)10-15(13)21/h4-7,9-10,21-22H,3,8H2,1-2H3,(H,19,24)(H,20,23). The number of phenolic OH excluding ortho intramolecular Hbond substituents is 2. The molecule has 24 heavy (non-hydrogen) atoms. The number of carbonyl (C=O) groups excluding carboxylic acids is 2. The Morgan fingerprint density at radius 1 is 1.00 bits per heavy atom. The minimum Gasteiger partial charge on any atom is -0.508 e. The lowest BCUT2D eigenvalue weighted by Gasteiger charge is -2.10. The lowest BCUT2D eigenvalue weighted by atomic mass is 9.99. The van der Waals surface area contributed by atoms with Crippen molar-refractivity contribution in [1.82, 2.24) is 10.6 Å². The molecule has 0 saturated carbocycles. The van der Waals surface area contributed by atoms with E-state index in [1.54, 1.807) is 24.3 Å². The third-order valence-electron chi connectivity index (χ3n) is 3.62. The average Bonchev–Trinajstić information content (AvgIpc) is 2.57. The van der Waals surface area contributed by atoms with Gasteiger partial charge < -0.3 is 20.8 Å². The highest BCUT2D eigenvalue weighted by molar-refractivity contribution is 5.97. The van der Waals surface area contributed by atoms with Gasteiger partial charge in [-0.2, -0.15) is 0 Å². The molecule has 0 aliphatic heterocycles. The van der Waals surface area contributed by atoms with E-state index in [9.17, 15) is 19.8 Å². The topological polar surface area (TPSA) is 98.7 Å². The first-order valence-corrected chi connectivity index (χ1v) is 7.60. The number of aromatic hydroxyl groups is 2. The van der Waals surface area contributed by atoms with Crippen LogP contribution in [0.2, 0.25) is 0 Å². The maximum atomic E-state index is 11.7. The van der Waals surface area contributed by atoms with E-state index in [1.165, 1.54) is 13.1 Å². The summed E-state index contributed by atoms with van der Waals surface area (Å²) in [5, 5.41) is 24.9. The quantitative estimate of drug-likeness (QED) is 0.672. The Hall–Kier alpha value is -3.02. The fourth-order valence-corrected chi connectivity index (χ4v) is 2.34. The normalized spacial score (nSPS) is 10.2. The molecule has 0 heterocycles. The molecule has 0 saturated heterocycles. The largest absolute Gasteiger partial charge is 0.508 e. The molecule has 0 atom stereocenters. The third-order valence-corrected chi connectivity index (χ3v) is 3.62. The van der Waals surface area contributed by atoms with E-state index in [4.69, 9.17) is 0 Å². The average molecular weight is 328 g/mol. The predicted octanol–water partition coefficient (Wildman–Crippen LogP) is 1.80. The Bertz CT molecular complexity index is 754. The number of phenols is 2. The minimum atomic E-state index is -0.430. The molecule has 6 nitrogen and oxygen atoms in total. The van der Waals surface area contributed by atoms with Gasteiger partial charge in [-0.1, -0.05) is 12.1 Å². The van der Waals surface area contributed by atoms with E-state index >= 15 is 0 Å². The summed E-state index contributed by atoms with van der Waals surface area (Å²) in [6.45, 7) is 2.41. The lowest BCUT2D eigenvalue weighted by Crippen LogP contribution is -2.22. The van der Waals surface area contributed by atoms with E-state index in [0.717, 1.165) is 11.6 Å². The molecule has 0 spiro atoms. The molecule has 126 valence electrons. The SMILES string of the molecule is CCNC(=O)c1ccc(Cc2cc(C(=O)NC)c(O)cc2O)cc1. The van der Waals surface area contributed by atoms with Crippen LogP contribution in [0.15, 0.2) is 36.4 Å². The monoisotopic (exact) mass is 328 g/mol. The van der Waals surface area contributed by atoms with Gasteiger partial charge in [0.25, 0.3) is 11.8 Å². The molecule has 2 amide bonds. The highest BCUT2D eigenvalue weighted by atomic mass is 16.3. The van der Waals surface area contributed by atoms with Crippen molar-refractivity contribution in [2.75, 3.05) is 13.6 Å². The van der Waals surface area contributed by atoms with Crippen LogP contribution in [0.4, 0.5) is 0 Å². The molecule has 0 bridgehead atoms. The van der Waals surface area contributed by atoms with Crippen molar-refractivity contribution in [2.45, 2.75) is 13.3 Å². The number of hydrogen-bond acceptors (Lipinski definition) is 4. The van der Waals surface area contributed by atoms with Gasteiger partial charge in [-0.05, 0) is 36.2 Å². The number of rotatable bonds is 5. The number of hydrogen-bond donors (Lipinski definition) is 4. The summed E-state index contributed by atoms with van der Waals surface area (Å²) in [7, 11) is 1.47. The zero-order valence-electron chi connectivity index (χ0n) is 13.6. The van der Waals surface area contributed by atoms with E-state index < -0.39 is 5.91 Å². The first kappa shape index (κ1) is 17.3. The number of amides is 2. The van der Waals surface area contributed by atoms with E-state index in [0.29, 0.717) is 24.1 Å². The smallest absolute Gasteiger partial charge is 0.254 e. The van der Waals surface area contributed by atoms with Crippen molar-refractivity contribution in [3.05, 3.63) is 58.7 Å². The Morgan fingerprint density at radius 2 is 1.67 bits per heavy atom. The second-order valence-corrected chi connectivity index (χ2v) is 5.31. The Balaban J connectivity index is 2.24. The maximum absolute atomic E-state index is 11.7. The number of carbonyl (C=O) groups is 2. The molecule has 0 fully saturated rings. The van der Waals surface area contributed by atoms with Gasteiger partial charge in [0.05, 0.1) is 5.56 Å². The molecule has 0 radical (unpaired) electrons. The second-order valence-electron chi connectivity index (χ2n) is 5.31. The van der Waals surface area contributed by atoms with Crippen LogP contribution in [0, 0.1) is 0 Å². The molecule has 2 aromatic carbocycles. The first-order chi connectivity index (χ1) is 11.5. The lowest BCUT2D eigenvalue weighted by molar-refractivity contribution is 0.0949. The van der Waals surface area contributed by atoms with Gasteiger partial charge in [0.2, 0.25) is 0 Å². The molecule has 2 rings (SSSR count). The minimum absolute atomic E-state index is 0.0899. The van der Waals surface area contributed by atoms with Gasteiger partial charge in [0.15, 0.2) is 0 Å². The van der Waals surface area contributed by atoms with Crippen LogP contribution >= 0.6 is 0 Å². The van der Waals surface area contributed by atoms with E-state index in [1.807, 2.05) is 6.92 Å². The van der Waals surface area contributed by atoms with Gasteiger partial charge in [-0.15, -0.1) is 0 Å². The van der Waals surface area contributed by atoms with Crippen LogP contribution in [-0.2, 0) is 6.42 Å². The molecule has 4 N–H and O–H groups in total. The molecule has 0 unspecified atom stereocenters. The van der Waals surface area contributed by atoms with Crippen LogP contribution in [0.1, 0.15) is 38.8 Å². The van der Waals surface area contributed by atoms with Crippen molar-refractivity contribution in [1.29, 1.82) is 0 Å². The fourth-order valence-electron chi connectivity index (χ4n) is 2.34. The molecule has 0 aromatic heterocycles. The molecule has 0 aliphatic rings. The van der Waals surface area contributed by atoms with Gasteiger partial charge >= 0.3 is 0 Å². The van der Waals surface area contributed by atoms with Crippen molar-refractivity contribution in [3.8, 4) is 11.5 Å². The van der Waals surface area contributed by atoms with Crippen molar-refractivity contribution in [3.63, 3.8) is 0 Å². The zero-order valence-corrected chi connectivity index (χ0v) is 13.6. The number of benzene rings is 2. The highest BCUT2D eigenvalue weighted by Crippen LogP contribution is 2.29. The summed E-state index contributed by atoms with van der Waals surface area (Å²) >= 11 is 0. The summed E-state index contributed by atoms with van der Waals surface area (Å²) in [6, 6.07) is 9.60.